The number of hydrogen-bond donors (Lipinski definition) is 0. The first-order valence-corrected chi connectivity index (χ1v) is 4.58. The highest BCUT2D eigenvalue weighted by Gasteiger charge is 1.84. The Hall–Kier alpha value is -0.0900. The van der Waals surface area contributed by atoms with Crippen LogP contribution in [0.3, 0.4) is 0 Å². The minimum atomic E-state index is 0.879. The largest absolute Gasteiger partial charge is 0.149 e. The van der Waals surface area contributed by atoms with Crippen LogP contribution in [0.15, 0.2) is 0 Å². The third kappa shape index (κ3) is 7.91. The minimum absolute atomic E-state index is 0.879. The quantitative estimate of drug-likeness (QED) is 0.420. The first kappa shape index (κ1) is 8.91. The Morgan fingerprint density at radius 2 is 2.22 bits per heavy atom. The maximum absolute atomic E-state index is 5.07. The van der Waals surface area contributed by atoms with Gasteiger partial charge in [0.2, 0.25) is 0 Å². The summed E-state index contributed by atoms with van der Waals surface area (Å²) in [5.74, 6) is 4.72. The van der Waals surface area contributed by atoms with Crippen molar-refractivity contribution in [2.24, 2.45) is 0 Å². The molecule has 9 heavy (non-hydrogen) atoms. The summed E-state index contributed by atoms with van der Waals surface area (Å²) in [4.78, 5) is 0. The molecule has 0 aromatic carbocycles. The van der Waals surface area contributed by atoms with E-state index in [1.165, 1.54) is 25.0 Å². The van der Waals surface area contributed by atoms with Crippen molar-refractivity contribution in [3.8, 4) is 12.3 Å². The number of unbranched alkanes of at least 4 members (excludes halogenated alkanes) is 2. The zero-order chi connectivity index (χ0) is 6.95. The molecule has 0 atom stereocenters. The molecule has 0 aliphatic rings. The molecule has 0 heterocycles. The van der Waals surface area contributed by atoms with Crippen LogP contribution in [0.25, 0.3) is 0 Å². The third-order valence-electron chi connectivity index (χ3n) is 1.08. The van der Waals surface area contributed by atoms with Gasteiger partial charge in [-0.25, -0.2) is 0 Å². The molecule has 0 aromatic heterocycles. The fourth-order valence-corrected chi connectivity index (χ4v) is 1.26. The Morgan fingerprint density at radius 3 is 2.78 bits per heavy atom. The molecule has 0 aromatic rings. The molecule has 0 amide bonds. The van der Waals surface area contributed by atoms with Gasteiger partial charge in [-0.3, -0.25) is 0 Å². The summed E-state index contributed by atoms with van der Waals surface area (Å²) in [6.07, 6.45) is 9.04. The molecule has 0 aliphatic heterocycles. The summed E-state index contributed by atoms with van der Waals surface area (Å²) < 4.78 is 0. The average Bonchev–Trinajstić information content (AvgIpc) is 1.89. The lowest BCUT2D eigenvalue weighted by Gasteiger charge is -1.93. The van der Waals surface area contributed by atoms with E-state index in [1.54, 1.807) is 0 Å². The Morgan fingerprint density at radius 1 is 1.44 bits per heavy atom. The van der Waals surface area contributed by atoms with Crippen molar-refractivity contribution in [3.63, 3.8) is 0 Å². The van der Waals surface area contributed by atoms with Gasteiger partial charge in [0.05, 0.1) is 5.75 Å². The van der Waals surface area contributed by atoms with Crippen LogP contribution in [0, 0.1) is 12.3 Å². The Balaban J connectivity index is 2.69. The van der Waals surface area contributed by atoms with E-state index in [-0.39, 0.29) is 0 Å². The van der Waals surface area contributed by atoms with Crippen molar-refractivity contribution in [2.45, 2.75) is 26.2 Å². The van der Waals surface area contributed by atoms with Gasteiger partial charge in [0.25, 0.3) is 0 Å². The maximum atomic E-state index is 5.07. The fraction of sp³-hybridized carbons (Fsp3) is 0.750. The summed E-state index contributed by atoms with van der Waals surface area (Å²) in [5.41, 5.74) is 0. The van der Waals surface area contributed by atoms with Crippen LogP contribution in [0.1, 0.15) is 26.2 Å². The van der Waals surface area contributed by atoms with Gasteiger partial charge < -0.3 is 0 Å². The van der Waals surface area contributed by atoms with E-state index in [0.29, 0.717) is 0 Å². The summed E-state index contributed by atoms with van der Waals surface area (Å²) in [6, 6.07) is 0. The molecule has 0 aliphatic carbocycles. The lowest BCUT2D eigenvalue weighted by Crippen LogP contribution is -1.79. The van der Waals surface area contributed by atoms with E-state index in [1.807, 2.05) is 11.8 Å². The average molecular weight is 142 g/mol. The smallest absolute Gasteiger partial charge is 0.0544 e. The lowest BCUT2D eigenvalue weighted by atomic mass is 10.3. The van der Waals surface area contributed by atoms with Crippen LogP contribution in [0.4, 0.5) is 0 Å². The molecule has 0 saturated heterocycles. The summed E-state index contributed by atoms with van der Waals surface area (Å²) in [6.45, 7) is 2.21. The van der Waals surface area contributed by atoms with Crippen molar-refractivity contribution in [1.82, 2.24) is 0 Å². The fourth-order valence-electron chi connectivity index (χ4n) is 0.585. The number of thioether (sulfide) groups is 1. The van der Waals surface area contributed by atoms with Crippen LogP contribution in [0.2, 0.25) is 0 Å². The molecule has 0 radical (unpaired) electrons. The van der Waals surface area contributed by atoms with Crippen molar-refractivity contribution < 1.29 is 0 Å². The monoisotopic (exact) mass is 142 g/mol. The second-order valence-electron chi connectivity index (χ2n) is 1.96. The number of hydrogen-bond acceptors (Lipinski definition) is 1. The highest BCUT2D eigenvalue weighted by atomic mass is 32.2. The Labute approximate surface area is 62.4 Å². The Kier molecular flexibility index (Phi) is 7.83. The molecule has 0 fully saturated rings. The molecule has 0 saturated carbocycles. The van der Waals surface area contributed by atoms with E-state index < -0.39 is 0 Å². The van der Waals surface area contributed by atoms with Crippen LogP contribution in [-0.2, 0) is 0 Å². The molecule has 0 nitrogen and oxygen atoms in total. The van der Waals surface area contributed by atoms with Crippen molar-refractivity contribution in [2.75, 3.05) is 11.5 Å². The van der Waals surface area contributed by atoms with E-state index >= 15 is 0 Å². The molecule has 52 valence electrons. The van der Waals surface area contributed by atoms with Gasteiger partial charge in [-0.15, -0.1) is 18.2 Å². The van der Waals surface area contributed by atoms with Crippen LogP contribution in [0.5, 0.6) is 0 Å². The van der Waals surface area contributed by atoms with E-state index in [9.17, 15) is 0 Å². The third-order valence-corrected chi connectivity index (χ3v) is 2.03. The molecule has 0 rings (SSSR count). The summed E-state index contributed by atoms with van der Waals surface area (Å²) in [7, 11) is 0. The molecular formula is C8H14S. The molecule has 0 spiro atoms. The van der Waals surface area contributed by atoms with Gasteiger partial charge in [-0.2, -0.15) is 0 Å². The van der Waals surface area contributed by atoms with E-state index in [2.05, 4.69) is 12.8 Å². The van der Waals surface area contributed by atoms with Crippen LogP contribution < -0.4 is 0 Å². The predicted octanol–water partition coefficient (Wildman–Crippen LogP) is 2.54. The normalized spacial score (nSPS) is 8.89. The second-order valence-corrected chi connectivity index (χ2v) is 3.07. The van der Waals surface area contributed by atoms with Gasteiger partial charge in [0.1, 0.15) is 0 Å². The maximum Gasteiger partial charge on any atom is 0.0544 e. The standard InChI is InChI=1S/C8H14S/c1-3-5-6-8-9-7-4-2/h2H,3,5-8H2,1H3. The van der Waals surface area contributed by atoms with Crippen LogP contribution in [-0.4, -0.2) is 11.5 Å². The SMILES string of the molecule is C#CCSCCCCC. The van der Waals surface area contributed by atoms with E-state index in [4.69, 9.17) is 6.42 Å². The summed E-state index contributed by atoms with van der Waals surface area (Å²) in [5, 5.41) is 0. The zero-order valence-electron chi connectivity index (χ0n) is 6.02. The molecule has 0 unspecified atom stereocenters. The van der Waals surface area contributed by atoms with Crippen molar-refractivity contribution >= 4 is 11.8 Å². The number of terminal acetylenes is 1. The molecule has 1 heteroatoms. The van der Waals surface area contributed by atoms with E-state index in [0.717, 1.165) is 5.75 Å². The van der Waals surface area contributed by atoms with Gasteiger partial charge in [-0.1, -0.05) is 25.7 Å². The lowest BCUT2D eigenvalue weighted by molar-refractivity contribution is 0.779. The summed E-state index contributed by atoms with van der Waals surface area (Å²) >= 11 is 1.86. The first-order valence-electron chi connectivity index (χ1n) is 3.43. The van der Waals surface area contributed by atoms with Gasteiger partial charge in [-0.05, 0) is 12.2 Å². The Bertz CT molecular complexity index is 81.1. The molecule has 0 N–H and O–H groups in total. The van der Waals surface area contributed by atoms with Crippen molar-refractivity contribution in [3.05, 3.63) is 0 Å². The van der Waals surface area contributed by atoms with Gasteiger partial charge in [0.15, 0.2) is 0 Å². The minimum Gasteiger partial charge on any atom is -0.149 e. The first-order chi connectivity index (χ1) is 4.41. The second kappa shape index (κ2) is 7.91. The predicted molar refractivity (Wildman–Crippen MR) is 45.7 cm³/mol. The highest BCUT2D eigenvalue weighted by molar-refractivity contribution is 7.99. The van der Waals surface area contributed by atoms with Gasteiger partial charge in [0, 0.05) is 0 Å². The molecule has 0 bridgehead atoms. The molecular weight excluding hydrogens is 128 g/mol. The number of rotatable bonds is 5. The topological polar surface area (TPSA) is 0 Å². The van der Waals surface area contributed by atoms with Crippen LogP contribution >= 0.6 is 11.8 Å². The zero-order valence-corrected chi connectivity index (χ0v) is 6.84. The van der Waals surface area contributed by atoms with Crippen molar-refractivity contribution in [1.29, 1.82) is 0 Å². The van der Waals surface area contributed by atoms with Gasteiger partial charge >= 0.3 is 0 Å². The highest BCUT2D eigenvalue weighted by Crippen LogP contribution is 2.04.